The molecule has 1 atom stereocenters. The standard InChI is InChI=1S/C24H28N4O6S2/c1-3-19-7-5-6-16-28(19)36(32,33)21-14-8-17(9-15-21)22(29)25-24-27-26-23(34-24)18-10-12-20(13-11-18)35(30,31)4-2/h8-15,19H,3-7,16H2,1-2H3,(H,25,27,29). The van der Waals surface area contributed by atoms with Gasteiger partial charge < -0.3 is 4.42 Å². The van der Waals surface area contributed by atoms with Gasteiger partial charge in [0.15, 0.2) is 9.84 Å². The molecule has 1 aromatic heterocycles. The van der Waals surface area contributed by atoms with Crippen LogP contribution < -0.4 is 5.32 Å². The second-order valence-corrected chi connectivity index (χ2v) is 12.7. The molecule has 0 saturated carbocycles. The van der Waals surface area contributed by atoms with Crippen LogP contribution in [0.2, 0.25) is 0 Å². The maximum atomic E-state index is 13.1. The molecule has 2 heterocycles. The Balaban J connectivity index is 1.45. The Hall–Kier alpha value is -3.09. The Bertz CT molecular complexity index is 1430. The zero-order valence-electron chi connectivity index (χ0n) is 20.0. The van der Waals surface area contributed by atoms with Gasteiger partial charge in [0.2, 0.25) is 15.9 Å². The molecule has 12 heteroatoms. The molecule has 0 spiro atoms. The SMILES string of the molecule is CCC1CCCCN1S(=O)(=O)c1ccc(C(=O)Nc2nnc(-c3ccc(S(=O)(=O)CC)cc3)o2)cc1. The summed E-state index contributed by atoms with van der Waals surface area (Å²) in [6, 6.07) is 11.6. The number of sulfone groups is 1. The molecule has 192 valence electrons. The van der Waals surface area contributed by atoms with Crippen LogP contribution in [-0.2, 0) is 19.9 Å². The molecular weight excluding hydrogens is 504 g/mol. The van der Waals surface area contributed by atoms with Crippen LogP contribution in [0.1, 0.15) is 49.9 Å². The van der Waals surface area contributed by atoms with Crippen molar-refractivity contribution in [3.05, 3.63) is 54.1 Å². The van der Waals surface area contributed by atoms with Gasteiger partial charge in [-0.15, -0.1) is 5.10 Å². The monoisotopic (exact) mass is 532 g/mol. The number of benzene rings is 2. The highest BCUT2D eigenvalue weighted by Crippen LogP contribution is 2.27. The van der Waals surface area contributed by atoms with Gasteiger partial charge in [0, 0.05) is 23.7 Å². The van der Waals surface area contributed by atoms with Crippen molar-refractivity contribution < 1.29 is 26.0 Å². The third kappa shape index (κ3) is 5.35. The lowest BCUT2D eigenvalue weighted by atomic mass is 10.0. The first-order valence-corrected chi connectivity index (χ1v) is 14.8. The maximum Gasteiger partial charge on any atom is 0.322 e. The average Bonchev–Trinajstić information content (AvgIpc) is 3.37. The van der Waals surface area contributed by atoms with E-state index in [0.717, 1.165) is 25.7 Å². The molecule has 0 radical (unpaired) electrons. The van der Waals surface area contributed by atoms with Gasteiger partial charge in [0.05, 0.1) is 15.5 Å². The molecule has 1 N–H and O–H groups in total. The third-order valence-corrected chi connectivity index (χ3v) is 9.97. The van der Waals surface area contributed by atoms with Crippen LogP contribution in [0.3, 0.4) is 0 Å². The number of carbonyl (C=O) groups is 1. The van der Waals surface area contributed by atoms with Gasteiger partial charge in [0.25, 0.3) is 5.91 Å². The fraction of sp³-hybridized carbons (Fsp3) is 0.375. The van der Waals surface area contributed by atoms with Gasteiger partial charge in [-0.1, -0.05) is 25.4 Å². The van der Waals surface area contributed by atoms with E-state index >= 15 is 0 Å². The summed E-state index contributed by atoms with van der Waals surface area (Å²) in [5.74, 6) is -0.435. The lowest BCUT2D eigenvalue weighted by Crippen LogP contribution is -2.43. The number of nitrogens with zero attached hydrogens (tertiary/aromatic N) is 3. The van der Waals surface area contributed by atoms with Crippen LogP contribution >= 0.6 is 0 Å². The number of aromatic nitrogens is 2. The number of rotatable bonds is 8. The Morgan fingerprint density at radius 2 is 1.64 bits per heavy atom. The van der Waals surface area contributed by atoms with Gasteiger partial charge in [0.1, 0.15) is 0 Å². The van der Waals surface area contributed by atoms with E-state index < -0.39 is 25.8 Å². The summed E-state index contributed by atoms with van der Waals surface area (Å²) in [6.07, 6.45) is 3.47. The molecule has 10 nitrogen and oxygen atoms in total. The molecule has 1 aliphatic rings. The van der Waals surface area contributed by atoms with Crippen LogP contribution in [0, 0.1) is 0 Å². The molecule has 0 aliphatic carbocycles. The van der Waals surface area contributed by atoms with E-state index in [-0.39, 0.29) is 39.1 Å². The number of nitrogens with one attached hydrogen (secondary N) is 1. The minimum atomic E-state index is -3.64. The number of anilines is 1. The fourth-order valence-electron chi connectivity index (χ4n) is 4.14. The fourth-order valence-corrected chi connectivity index (χ4v) is 6.79. The van der Waals surface area contributed by atoms with Crippen LogP contribution in [0.25, 0.3) is 11.5 Å². The van der Waals surface area contributed by atoms with E-state index in [2.05, 4.69) is 15.5 Å². The Morgan fingerprint density at radius 1 is 0.972 bits per heavy atom. The van der Waals surface area contributed by atoms with Crippen molar-refractivity contribution in [2.45, 2.75) is 55.4 Å². The van der Waals surface area contributed by atoms with E-state index in [1.807, 2.05) is 6.92 Å². The average molecular weight is 533 g/mol. The predicted molar refractivity (Wildman–Crippen MR) is 134 cm³/mol. The molecule has 1 fully saturated rings. The lowest BCUT2D eigenvalue weighted by Gasteiger charge is -2.34. The van der Waals surface area contributed by atoms with Gasteiger partial charge in [-0.25, -0.2) is 16.8 Å². The molecule has 1 unspecified atom stereocenters. The molecule has 1 saturated heterocycles. The van der Waals surface area contributed by atoms with Gasteiger partial charge in [-0.05, 0) is 67.8 Å². The molecule has 1 aliphatic heterocycles. The normalized spacial score (nSPS) is 17.1. The number of piperidine rings is 1. The summed E-state index contributed by atoms with van der Waals surface area (Å²) >= 11 is 0. The van der Waals surface area contributed by atoms with Crippen LogP contribution in [0.4, 0.5) is 6.01 Å². The van der Waals surface area contributed by atoms with Crippen molar-refractivity contribution in [1.29, 1.82) is 0 Å². The van der Waals surface area contributed by atoms with Crippen LogP contribution in [0.5, 0.6) is 0 Å². The Morgan fingerprint density at radius 3 is 2.28 bits per heavy atom. The van der Waals surface area contributed by atoms with Crippen LogP contribution in [-0.4, -0.2) is 55.6 Å². The van der Waals surface area contributed by atoms with E-state index in [4.69, 9.17) is 4.42 Å². The first kappa shape index (κ1) is 26.0. The first-order valence-electron chi connectivity index (χ1n) is 11.8. The highest BCUT2D eigenvalue weighted by Gasteiger charge is 2.32. The quantitative estimate of drug-likeness (QED) is 0.463. The number of hydrogen-bond donors (Lipinski definition) is 1. The zero-order valence-corrected chi connectivity index (χ0v) is 21.7. The summed E-state index contributed by atoms with van der Waals surface area (Å²) in [5, 5.41) is 10.2. The van der Waals surface area contributed by atoms with Crippen molar-refractivity contribution in [2.24, 2.45) is 0 Å². The second-order valence-electron chi connectivity index (χ2n) is 8.49. The molecule has 36 heavy (non-hydrogen) atoms. The minimum absolute atomic E-state index is 0.00644. The number of hydrogen-bond acceptors (Lipinski definition) is 8. The summed E-state index contributed by atoms with van der Waals surface area (Å²) in [4.78, 5) is 13.0. The zero-order chi connectivity index (χ0) is 25.9. The summed E-state index contributed by atoms with van der Waals surface area (Å²) < 4.78 is 57.2. The van der Waals surface area contributed by atoms with Gasteiger partial charge in [-0.2, -0.15) is 4.31 Å². The molecule has 4 rings (SSSR count). The van der Waals surface area contributed by atoms with Crippen molar-refractivity contribution in [1.82, 2.24) is 14.5 Å². The highest BCUT2D eigenvalue weighted by molar-refractivity contribution is 7.91. The highest BCUT2D eigenvalue weighted by atomic mass is 32.2. The molecule has 0 bridgehead atoms. The molecular formula is C24H28N4O6S2. The number of carbonyl (C=O) groups excluding carboxylic acids is 1. The topological polar surface area (TPSA) is 140 Å². The van der Waals surface area contributed by atoms with Crippen molar-refractivity contribution in [3.63, 3.8) is 0 Å². The van der Waals surface area contributed by atoms with Crippen LogP contribution in [0.15, 0.2) is 62.7 Å². The maximum absolute atomic E-state index is 13.1. The molecule has 3 aromatic rings. The Kier molecular flexibility index (Phi) is 7.57. The summed E-state index contributed by atoms with van der Waals surface area (Å²) in [7, 11) is -6.97. The van der Waals surface area contributed by atoms with Crippen molar-refractivity contribution in [3.8, 4) is 11.5 Å². The smallest absolute Gasteiger partial charge is 0.322 e. The molecule has 1 amide bonds. The predicted octanol–water partition coefficient (Wildman–Crippen LogP) is 3.74. The Labute approximate surface area is 210 Å². The third-order valence-electron chi connectivity index (χ3n) is 6.25. The van der Waals surface area contributed by atoms with Gasteiger partial charge in [-0.3, -0.25) is 10.1 Å². The van der Waals surface area contributed by atoms with E-state index in [1.54, 1.807) is 23.4 Å². The van der Waals surface area contributed by atoms with Crippen molar-refractivity contribution >= 4 is 31.8 Å². The summed E-state index contributed by atoms with van der Waals surface area (Å²) in [6.45, 7) is 4.06. The van der Waals surface area contributed by atoms with E-state index in [1.165, 1.54) is 36.4 Å². The second kappa shape index (κ2) is 10.5. The number of sulfonamides is 1. The largest absolute Gasteiger partial charge is 0.403 e. The number of amides is 1. The van der Waals surface area contributed by atoms with E-state index in [0.29, 0.717) is 12.1 Å². The van der Waals surface area contributed by atoms with E-state index in [9.17, 15) is 21.6 Å². The lowest BCUT2D eigenvalue weighted by molar-refractivity contribution is 0.102. The first-order chi connectivity index (χ1) is 17.2. The molecule has 2 aromatic carbocycles. The summed E-state index contributed by atoms with van der Waals surface area (Å²) in [5.41, 5.74) is 0.726. The van der Waals surface area contributed by atoms with Gasteiger partial charge >= 0.3 is 6.01 Å². The minimum Gasteiger partial charge on any atom is -0.403 e. The van der Waals surface area contributed by atoms with Crippen molar-refractivity contribution in [2.75, 3.05) is 17.6 Å².